The van der Waals surface area contributed by atoms with E-state index < -0.39 is 10.8 Å². The van der Waals surface area contributed by atoms with Gasteiger partial charge in [0, 0.05) is 23.4 Å². The predicted molar refractivity (Wildman–Crippen MR) is 83.7 cm³/mol. The van der Waals surface area contributed by atoms with Gasteiger partial charge in [-0.25, -0.2) is 0 Å². The fraction of sp³-hybridized carbons (Fsp3) is 0.125. The molecule has 1 amide bonds. The highest BCUT2D eigenvalue weighted by atomic mass is 16.6. The molecule has 0 saturated heterocycles. The Bertz CT molecular complexity index is 740. The van der Waals surface area contributed by atoms with E-state index in [1.165, 1.54) is 31.4 Å². The molecule has 0 aliphatic heterocycles. The Labute approximate surface area is 132 Å². The molecule has 1 N–H and O–H groups in total. The summed E-state index contributed by atoms with van der Waals surface area (Å²) in [6.45, 7) is 0. The Kier molecular flexibility index (Phi) is 5.03. The average molecular weight is 314 g/mol. The van der Waals surface area contributed by atoms with Crippen molar-refractivity contribution in [1.29, 1.82) is 0 Å². The lowest BCUT2D eigenvalue weighted by Gasteiger charge is -2.05. The van der Waals surface area contributed by atoms with Crippen molar-refractivity contribution in [2.75, 3.05) is 12.4 Å². The molecular weight excluding hydrogens is 300 g/mol. The maximum absolute atomic E-state index is 12.0. The maximum Gasteiger partial charge on any atom is 0.271 e. The van der Waals surface area contributed by atoms with E-state index >= 15 is 0 Å². The quantitative estimate of drug-likeness (QED) is 0.382. The summed E-state index contributed by atoms with van der Waals surface area (Å²) in [5.41, 5.74) is 0.524. The van der Waals surface area contributed by atoms with Gasteiger partial charge >= 0.3 is 0 Å². The molecule has 118 valence electrons. The molecule has 7 heteroatoms. The Balaban J connectivity index is 1.99. The second kappa shape index (κ2) is 7.17. The summed E-state index contributed by atoms with van der Waals surface area (Å²) in [6, 6.07) is 11.9. The van der Waals surface area contributed by atoms with Gasteiger partial charge in [0.1, 0.15) is 5.75 Å². The number of carbonyl (C=O) groups excluding carboxylic acids is 2. The van der Waals surface area contributed by atoms with E-state index in [2.05, 4.69) is 5.32 Å². The van der Waals surface area contributed by atoms with Crippen LogP contribution in [0.2, 0.25) is 0 Å². The van der Waals surface area contributed by atoms with E-state index in [0.29, 0.717) is 11.3 Å². The fourth-order valence-electron chi connectivity index (χ4n) is 1.93. The van der Waals surface area contributed by atoms with Crippen LogP contribution in [-0.2, 0) is 4.79 Å². The second-order valence-electron chi connectivity index (χ2n) is 4.68. The summed E-state index contributed by atoms with van der Waals surface area (Å²) in [6.07, 6.45) is -0.352. The molecule has 0 radical (unpaired) electrons. The van der Waals surface area contributed by atoms with E-state index in [9.17, 15) is 19.7 Å². The standard InChI is InChI=1S/C16H14N2O5/c1-23-14-7-5-11(6-8-14)15(19)10-16(20)17-12-3-2-4-13(9-12)18(21)22/h2-9H,10H2,1H3,(H,17,20). The monoisotopic (exact) mass is 314 g/mol. The summed E-state index contributed by atoms with van der Waals surface area (Å²) in [7, 11) is 1.52. The summed E-state index contributed by atoms with van der Waals surface area (Å²) in [5.74, 6) is -0.274. The van der Waals surface area contributed by atoms with Gasteiger partial charge < -0.3 is 10.1 Å². The van der Waals surface area contributed by atoms with Crippen molar-refractivity contribution in [1.82, 2.24) is 0 Å². The minimum Gasteiger partial charge on any atom is -0.497 e. The van der Waals surface area contributed by atoms with E-state index in [1.807, 2.05) is 0 Å². The third-order valence-electron chi connectivity index (χ3n) is 3.07. The zero-order valence-electron chi connectivity index (χ0n) is 12.3. The van der Waals surface area contributed by atoms with E-state index in [0.717, 1.165) is 0 Å². The fourth-order valence-corrected chi connectivity index (χ4v) is 1.93. The van der Waals surface area contributed by atoms with Crippen LogP contribution in [0.3, 0.4) is 0 Å². The van der Waals surface area contributed by atoms with E-state index in [4.69, 9.17) is 4.74 Å². The minimum absolute atomic E-state index is 0.135. The Hall–Kier alpha value is -3.22. The number of nitrogens with zero attached hydrogens (tertiary/aromatic N) is 1. The zero-order valence-corrected chi connectivity index (χ0v) is 12.3. The largest absolute Gasteiger partial charge is 0.497 e. The van der Waals surface area contributed by atoms with Gasteiger partial charge in [-0.05, 0) is 30.3 Å². The Morgan fingerprint density at radius 3 is 2.48 bits per heavy atom. The SMILES string of the molecule is COc1ccc(C(=O)CC(=O)Nc2cccc([N+](=O)[O-])c2)cc1. The lowest BCUT2D eigenvalue weighted by molar-refractivity contribution is -0.384. The molecule has 0 heterocycles. The molecule has 2 aromatic carbocycles. The number of ether oxygens (including phenoxy) is 1. The van der Waals surface area contributed by atoms with Crippen LogP contribution in [-0.4, -0.2) is 23.7 Å². The zero-order chi connectivity index (χ0) is 16.8. The van der Waals surface area contributed by atoms with Gasteiger partial charge in [-0.1, -0.05) is 6.07 Å². The molecule has 23 heavy (non-hydrogen) atoms. The predicted octanol–water partition coefficient (Wildman–Crippen LogP) is 2.81. The van der Waals surface area contributed by atoms with Crippen LogP contribution in [0.5, 0.6) is 5.75 Å². The first-order chi connectivity index (χ1) is 11.0. The van der Waals surface area contributed by atoms with Crippen molar-refractivity contribution in [3.63, 3.8) is 0 Å². The van der Waals surface area contributed by atoms with Gasteiger partial charge in [-0.2, -0.15) is 0 Å². The van der Waals surface area contributed by atoms with Gasteiger partial charge in [0.25, 0.3) is 5.69 Å². The Morgan fingerprint density at radius 2 is 1.87 bits per heavy atom. The van der Waals surface area contributed by atoms with Crippen LogP contribution in [0.25, 0.3) is 0 Å². The normalized spacial score (nSPS) is 9.96. The number of hydrogen-bond acceptors (Lipinski definition) is 5. The summed E-state index contributed by atoms with van der Waals surface area (Å²) in [5, 5.41) is 13.2. The van der Waals surface area contributed by atoms with Crippen molar-refractivity contribution < 1.29 is 19.2 Å². The number of methoxy groups -OCH3 is 1. The molecule has 0 bridgehead atoms. The van der Waals surface area contributed by atoms with Crippen molar-refractivity contribution in [3.05, 3.63) is 64.2 Å². The molecule has 0 fully saturated rings. The summed E-state index contributed by atoms with van der Waals surface area (Å²) < 4.78 is 4.99. The number of benzene rings is 2. The third-order valence-corrected chi connectivity index (χ3v) is 3.07. The number of nitro groups is 1. The first kappa shape index (κ1) is 16.2. The van der Waals surface area contributed by atoms with Crippen molar-refractivity contribution in [3.8, 4) is 5.75 Å². The number of anilines is 1. The van der Waals surface area contributed by atoms with Crippen LogP contribution >= 0.6 is 0 Å². The number of hydrogen-bond donors (Lipinski definition) is 1. The summed E-state index contributed by atoms with van der Waals surface area (Å²) >= 11 is 0. The highest BCUT2D eigenvalue weighted by Gasteiger charge is 2.13. The van der Waals surface area contributed by atoms with Crippen LogP contribution in [0, 0.1) is 10.1 Å². The summed E-state index contributed by atoms with van der Waals surface area (Å²) in [4.78, 5) is 34.0. The molecule has 0 aliphatic rings. The van der Waals surface area contributed by atoms with Crippen molar-refractivity contribution >= 4 is 23.1 Å². The van der Waals surface area contributed by atoms with Crippen LogP contribution in [0.15, 0.2) is 48.5 Å². The first-order valence-corrected chi connectivity index (χ1v) is 6.71. The maximum atomic E-state index is 12.0. The third kappa shape index (κ3) is 4.37. The molecule has 7 nitrogen and oxygen atoms in total. The average Bonchev–Trinajstić information content (AvgIpc) is 2.55. The molecule has 0 aliphatic carbocycles. The molecule has 2 rings (SSSR count). The van der Waals surface area contributed by atoms with Gasteiger partial charge in [-0.15, -0.1) is 0 Å². The second-order valence-corrected chi connectivity index (χ2v) is 4.68. The highest BCUT2D eigenvalue weighted by Crippen LogP contribution is 2.18. The van der Waals surface area contributed by atoms with E-state index in [1.54, 1.807) is 24.3 Å². The van der Waals surface area contributed by atoms with Crippen LogP contribution in [0.4, 0.5) is 11.4 Å². The molecule has 0 aromatic heterocycles. The van der Waals surface area contributed by atoms with Crippen LogP contribution in [0.1, 0.15) is 16.8 Å². The number of carbonyl (C=O) groups is 2. The Morgan fingerprint density at radius 1 is 1.17 bits per heavy atom. The topological polar surface area (TPSA) is 98.5 Å². The van der Waals surface area contributed by atoms with Gasteiger partial charge in [-0.3, -0.25) is 19.7 Å². The number of rotatable bonds is 6. The number of amides is 1. The smallest absolute Gasteiger partial charge is 0.271 e. The molecule has 0 atom stereocenters. The van der Waals surface area contributed by atoms with Gasteiger partial charge in [0.15, 0.2) is 5.78 Å². The van der Waals surface area contributed by atoms with Crippen LogP contribution < -0.4 is 10.1 Å². The number of nitro benzene ring substituents is 1. The van der Waals surface area contributed by atoms with Crippen molar-refractivity contribution in [2.45, 2.75) is 6.42 Å². The molecule has 2 aromatic rings. The van der Waals surface area contributed by atoms with E-state index in [-0.39, 0.29) is 23.6 Å². The highest BCUT2D eigenvalue weighted by molar-refractivity contribution is 6.11. The lowest BCUT2D eigenvalue weighted by Crippen LogP contribution is -2.16. The molecular formula is C16H14N2O5. The van der Waals surface area contributed by atoms with Gasteiger partial charge in [0.05, 0.1) is 18.5 Å². The van der Waals surface area contributed by atoms with Gasteiger partial charge in [0.2, 0.25) is 5.91 Å². The number of nitrogens with one attached hydrogen (secondary N) is 1. The molecule has 0 unspecified atom stereocenters. The molecule has 0 saturated carbocycles. The minimum atomic E-state index is -0.557. The first-order valence-electron chi connectivity index (χ1n) is 6.71. The number of Topliss-reactive ketones (excluding diaryl/α,β-unsaturated/α-hetero) is 1. The molecule has 0 spiro atoms. The van der Waals surface area contributed by atoms with Crippen molar-refractivity contribution in [2.24, 2.45) is 0 Å². The lowest BCUT2D eigenvalue weighted by atomic mass is 10.1. The number of ketones is 1. The number of non-ortho nitro benzene ring substituents is 1.